The smallest absolute Gasteiger partial charge is 0.290 e. The van der Waals surface area contributed by atoms with Crippen LogP contribution in [0.5, 0.6) is 0 Å². The number of piperidine rings is 3. The van der Waals surface area contributed by atoms with Crippen LogP contribution in [0.25, 0.3) is 0 Å². The summed E-state index contributed by atoms with van der Waals surface area (Å²) in [6.07, 6.45) is 9.31. The van der Waals surface area contributed by atoms with Crippen LogP contribution in [0.3, 0.4) is 0 Å². The van der Waals surface area contributed by atoms with E-state index in [1.807, 2.05) is 17.8 Å². The molecule has 4 atom stereocenters. The third-order valence-electron chi connectivity index (χ3n) is 7.41. The second kappa shape index (κ2) is 11.0. The Kier molecular flexibility index (Phi) is 8.32. The van der Waals surface area contributed by atoms with Gasteiger partial charge < -0.3 is 14.9 Å². The van der Waals surface area contributed by atoms with Gasteiger partial charge in [0, 0.05) is 57.0 Å². The highest BCUT2D eigenvalue weighted by Gasteiger charge is 2.49. The predicted octanol–water partition coefficient (Wildman–Crippen LogP) is 2.72. The molecule has 0 aliphatic carbocycles. The van der Waals surface area contributed by atoms with E-state index < -0.39 is 0 Å². The molecule has 3 fully saturated rings. The fraction of sp³-hybridized carbons (Fsp3) is 0.750. The lowest BCUT2D eigenvalue weighted by Gasteiger charge is -2.57. The lowest BCUT2D eigenvalue weighted by atomic mass is 9.70. The summed E-state index contributed by atoms with van der Waals surface area (Å²) in [5, 5.41) is 11.1. The molecule has 0 spiro atoms. The molecule has 0 radical (unpaired) electrons. The summed E-state index contributed by atoms with van der Waals surface area (Å²) < 4.78 is 1.85. The van der Waals surface area contributed by atoms with Crippen LogP contribution in [0.4, 0.5) is 0 Å². The summed E-state index contributed by atoms with van der Waals surface area (Å²) in [4.78, 5) is 38.6. The van der Waals surface area contributed by atoms with Gasteiger partial charge in [0.15, 0.2) is 0 Å². The normalized spacial score (nSPS) is 26.9. The van der Waals surface area contributed by atoms with Crippen molar-refractivity contribution in [2.75, 3.05) is 13.1 Å². The molecule has 178 valence electrons. The summed E-state index contributed by atoms with van der Waals surface area (Å²) in [7, 11) is 1.93. The van der Waals surface area contributed by atoms with Gasteiger partial charge >= 0.3 is 0 Å². The molecule has 4 heterocycles. The molecular formula is C24H38N4O4. The number of carbonyl (C=O) groups is 3. The van der Waals surface area contributed by atoms with Gasteiger partial charge in [-0.25, -0.2) is 0 Å². The van der Waals surface area contributed by atoms with Crippen molar-refractivity contribution in [3.05, 3.63) is 18.0 Å². The summed E-state index contributed by atoms with van der Waals surface area (Å²) >= 11 is 0. The first-order valence-electron chi connectivity index (χ1n) is 12.0. The fourth-order valence-electron chi connectivity index (χ4n) is 5.89. The number of carboxylic acid groups (broad SMARTS) is 1. The molecule has 1 aromatic heterocycles. The second-order valence-electron chi connectivity index (χ2n) is 9.91. The van der Waals surface area contributed by atoms with Gasteiger partial charge in [-0.2, -0.15) is 5.10 Å². The molecule has 2 bridgehead atoms. The molecule has 8 heteroatoms. The molecule has 0 saturated carbocycles. The molecule has 1 aromatic rings. The average molecular weight is 447 g/mol. The molecular weight excluding hydrogens is 408 g/mol. The molecule has 3 saturated heterocycles. The molecule has 8 nitrogen and oxygen atoms in total. The van der Waals surface area contributed by atoms with Crippen molar-refractivity contribution >= 4 is 18.3 Å². The average Bonchev–Trinajstić information content (AvgIpc) is 3.17. The number of likely N-dealkylation sites (tertiary alicyclic amines) is 1. The van der Waals surface area contributed by atoms with Crippen molar-refractivity contribution in [1.82, 2.24) is 19.6 Å². The number of fused-ring (bicyclic) bond motifs is 4. The Morgan fingerprint density at radius 1 is 1.31 bits per heavy atom. The maximum atomic E-state index is 13.0. The van der Waals surface area contributed by atoms with Crippen molar-refractivity contribution in [1.29, 1.82) is 0 Å². The van der Waals surface area contributed by atoms with E-state index in [1.165, 1.54) is 6.42 Å². The Balaban J connectivity index is 0.000000913. The lowest BCUT2D eigenvalue weighted by molar-refractivity contribution is -0.156. The van der Waals surface area contributed by atoms with E-state index in [1.54, 1.807) is 6.20 Å². The molecule has 4 rings (SSSR count). The van der Waals surface area contributed by atoms with E-state index in [-0.39, 0.29) is 12.4 Å². The summed E-state index contributed by atoms with van der Waals surface area (Å²) in [6, 6.07) is 2.66. The number of aryl methyl sites for hydroxylation is 2. The van der Waals surface area contributed by atoms with Crippen LogP contribution in [-0.4, -0.2) is 68.1 Å². The first-order chi connectivity index (χ1) is 15.3. The number of hydrogen-bond donors (Lipinski definition) is 1. The van der Waals surface area contributed by atoms with Crippen molar-refractivity contribution in [3.8, 4) is 0 Å². The van der Waals surface area contributed by atoms with Gasteiger partial charge in [-0.05, 0) is 62.3 Å². The van der Waals surface area contributed by atoms with Crippen molar-refractivity contribution in [3.63, 3.8) is 0 Å². The van der Waals surface area contributed by atoms with Crippen LogP contribution in [0.2, 0.25) is 0 Å². The first kappa shape index (κ1) is 24.3. The highest BCUT2D eigenvalue weighted by atomic mass is 16.3. The summed E-state index contributed by atoms with van der Waals surface area (Å²) in [5.41, 5.74) is 1.11. The number of carbonyl (C=O) groups excluding carboxylic acids is 2. The van der Waals surface area contributed by atoms with Gasteiger partial charge in [-0.3, -0.25) is 19.1 Å². The van der Waals surface area contributed by atoms with Crippen molar-refractivity contribution in [2.45, 2.75) is 77.3 Å². The predicted molar refractivity (Wildman–Crippen MR) is 121 cm³/mol. The Morgan fingerprint density at radius 3 is 2.69 bits per heavy atom. The molecule has 0 aromatic carbocycles. The SMILES string of the molecule is CC(C)CC[C@H]1[C@H]2C[C@H](CN(C(=O)CCc3ccnn3C)C2)[C@@H]2CCCC(=O)N21.O=CO. The summed E-state index contributed by atoms with van der Waals surface area (Å²) in [6.45, 7) is 5.92. The van der Waals surface area contributed by atoms with Crippen molar-refractivity contribution < 1.29 is 19.5 Å². The Hall–Kier alpha value is -2.38. The van der Waals surface area contributed by atoms with E-state index in [2.05, 4.69) is 28.7 Å². The van der Waals surface area contributed by atoms with Gasteiger partial charge in [0.1, 0.15) is 0 Å². The van der Waals surface area contributed by atoms with E-state index in [4.69, 9.17) is 9.90 Å². The van der Waals surface area contributed by atoms with Gasteiger partial charge in [-0.1, -0.05) is 13.8 Å². The highest BCUT2D eigenvalue weighted by Crippen LogP contribution is 2.43. The number of amides is 2. The van der Waals surface area contributed by atoms with E-state index in [0.717, 1.165) is 50.9 Å². The standard InChI is InChI=1S/C23H36N4O2.CH2O2/c1-16(2)7-9-21-18-13-17(20-5-4-6-23(29)27(20)21)14-26(15-18)22(28)10-8-19-11-12-24-25(19)3;2-1-3/h11-12,16-18,20-21H,4-10,13-15H2,1-3H3;1H,(H,2,3)/t17-,18+,20+,21+;/m1./s1. The summed E-state index contributed by atoms with van der Waals surface area (Å²) in [5.74, 6) is 2.16. The molecule has 1 N–H and O–H groups in total. The third kappa shape index (κ3) is 5.51. The first-order valence-corrected chi connectivity index (χ1v) is 12.0. The zero-order valence-electron chi connectivity index (χ0n) is 19.7. The Labute approximate surface area is 190 Å². The zero-order chi connectivity index (χ0) is 23.3. The molecule has 32 heavy (non-hydrogen) atoms. The van der Waals surface area contributed by atoms with Crippen LogP contribution in [-0.2, 0) is 27.9 Å². The van der Waals surface area contributed by atoms with E-state index in [9.17, 15) is 9.59 Å². The molecule has 3 aliphatic rings. The quantitative estimate of drug-likeness (QED) is 0.678. The number of aromatic nitrogens is 2. The van der Waals surface area contributed by atoms with Crippen LogP contribution < -0.4 is 0 Å². The third-order valence-corrected chi connectivity index (χ3v) is 7.41. The topological polar surface area (TPSA) is 95.7 Å². The number of nitrogens with zero attached hydrogens (tertiary/aromatic N) is 4. The van der Waals surface area contributed by atoms with Crippen LogP contribution in [0, 0.1) is 17.8 Å². The highest BCUT2D eigenvalue weighted by molar-refractivity contribution is 5.79. The van der Waals surface area contributed by atoms with Gasteiger partial charge in [0.05, 0.1) is 0 Å². The van der Waals surface area contributed by atoms with Gasteiger partial charge in [0.2, 0.25) is 11.8 Å². The molecule has 3 aliphatic heterocycles. The lowest BCUT2D eigenvalue weighted by Crippen LogP contribution is -2.65. The fourth-order valence-corrected chi connectivity index (χ4v) is 5.89. The van der Waals surface area contributed by atoms with Gasteiger partial charge in [-0.15, -0.1) is 0 Å². The number of hydrogen-bond acceptors (Lipinski definition) is 4. The Morgan fingerprint density at radius 2 is 2.03 bits per heavy atom. The minimum Gasteiger partial charge on any atom is -0.483 e. The minimum absolute atomic E-state index is 0.250. The molecule has 2 amide bonds. The van der Waals surface area contributed by atoms with Gasteiger partial charge in [0.25, 0.3) is 6.47 Å². The minimum atomic E-state index is -0.250. The van der Waals surface area contributed by atoms with E-state index in [0.29, 0.717) is 48.6 Å². The molecule has 0 unspecified atom stereocenters. The zero-order valence-corrected chi connectivity index (χ0v) is 19.7. The maximum absolute atomic E-state index is 13.0. The van der Waals surface area contributed by atoms with Crippen LogP contribution in [0.15, 0.2) is 12.3 Å². The Bertz CT molecular complexity index is 793. The van der Waals surface area contributed by atoms with E-state index >= 15 is 0 Å². The van der Waals surface area contributed by atoms with Crippen molar-refractivity contribution in [2.24, 2.45) is 24.8 Å². The van der Waals surface area contributed by atoms with Crippen LogP contribution >= 0.6 is 0 Å². The maximum Gasteiger partial charge on any atom is 0.290 e. The van der Waals surface area contributed by atoms with Crippen LogP contribution in [0.1, 0.15) is 64.5 Å². The second-order valence-corrected chi connectivity index (χ2v) is 9.91. The number of rotatable bonds is 6. The largest absolute Gasteiger partial charge is 0.483 e. The monoisotopic (exact) mass is 446 g/mol.